The van der Waals surface area contributed by atoms with Crippen molar-refractivity contribution in [1.29, 1.82) is 0 Å². The fraction of sp³-hybridized carbons (Fsp3) is 0.636. The van der Waals surface area contributed by atoms with E-state index < -0.39 is 5.97 Å². The molecule has 1 atom stereocenters. The van der Waals surface area contributed by atoms with Crippen molar-refractivity contribution in [3.05, 3.63) is 34.9 Å². The minimum absolute atomic E-state index is 0.186. The van der Waals surface area contributed by atoms with Gasteiger partial charge in [0.15, 0.2) is 0 Å². The highest BCUT2D eigenvalue weighted by atomic mass is 16.4. The lowest BCUT2D eigenvalue weighted by atomic mass is 9.99. The van der Waals surface area contributed by atoms with Gasteiger partial charge in [-0.25, -0.2) is 0 Å². The predicted octanol–water partition coefficient (Wildman–Crippen LogP) is 5.41. The van der Waals surface area contributed by atoms with Crippen LogP contribution in [-0.4, -0.2) is 23.5 Å². The van der Waals surface area contributed by atoms with E-state index >= 15 is 0 Å². The molecule has 2 N–H and O–H groups in total. The molecule has 148 valence electrons. The summed E-state index contributed by atoms with van der Waals surface area (Å²) in [5, 5.41) is 10.9. The Kier molecular flexibility index (Phi) is 13.3. The van der Waals surface area contributed by atoms with Crippen LogP contribution in [0.5, 0.6) is 0 Å². The van der Waals surface area contributed by atoms with Gasteiger partial charge in [-0.3, -0.25) is 9.59 Å². The fourth-order valence-corrected chi connectivity index (χ4v) is 2.62. The minimum atomic E-state index is -1.01. The Morgan fingerprint density at radius 3 is 2.00 bits per heavy atom. The molecule has 1 amide bonds. The van der Waals surface area contributed by atoms with Gasteiger partial charge in [0, 0.05) is 6.42 Å². The lowest BCUT2D eigenvalue weighted by Crippen LogP contribution is -2.30. The summed E-state index contributed by atoms with van der Waals surface area (Å²) in [6.45, 7) is 10.4. The van der Waals surface area contributed by atoms with Crippen molar-refractivity contribution >= 4 is 11.9 Å². The fourth-order valence-electron chi connectivity index (χ4n) is 2.62. The summed E-state index contributed by atoms with van der Waals surface area (Å²) in [7, 11) is 0. The molecule has 0 aliphatic heterocycles. The summed E-state index contributed by atoms with van der Waals surface area (Å²) in [4.78, 5) is 22.0. The van der Waals surface area contributed by atoms with Crippen LogP contribution < -0.4 is 5.32 Å². The molecule has 0 saturated heterocycles. The topological polar surface area (TPSA) is 66.4 Å². The second-order valence-electron chi connectivity index (χ2n) is 7.52. The first-order valence-corrected chi connectivity index (χ1v) is 9.63. The molecule has 0 aromatic rings. The van der Waals surface area contributed by atoms with Crippen LogP contribution in [0.2, 0.25) is 0 Å². The van der Waals surface area contributed by atoms with Gasteiger partial charge in [-0.05, 0) is 72.1 Å². The van der Waals surface area contributed by atoms with Gasteiger partial charge in [0.25, 0.3) is 0 Å². The highest BCUT2D eigenvalue weighted by Gasteiger charge is 2.09. The van der Waals surface area contributed by atoms with E-state index in [2.05, 4.69) is 51.2 Å². The maximum absolute atomic E-state index is 11.6. The molecule has 0 aliphatic carbocycles. The van der Waals surface area contributed by atoms with Crippen molar-refractivity contribution in [2.75, 3.05) is 6.54 Å². The van der Waals surface area contributed by atoms with Gasteiger partial charge >= 0.3 is 5.97 Å². The molecule has 0 spiro atoms. The summed E-state index contributed by atoms with van der Waals surface area (Å²) in [5.41, 5.74) is 4.22. The van der Waals surface area contributed by atoms with E-state index in [0.29, 0.717) is 6.42 Å². The Labute approximate surface area is 159 Å². The Morgan fingerprint density at radius 2 is 1.46 bits per heavy atom. The van der Waals surface area contributed by atoms with Crippen LogP contribution in [-0.2, 0) is 9.59 Å². The van der Waals surface area contributed by atoms with E-state index in [-0.39, 0.29) is 18.4 Å². The van der Waals surface area contributed by atoms with Gasteiger partial charge in [0.1, 0.15) is 6.54 Å². The van der Waals surface area contributed by atoms with Gasteiger partial charge in [-0.15, -0.1) is 0 Å². The zero-order valence-electron chi connectivity index (χ0n) is 17.2. The van der Waals surface area contributed by atoms with Crippen molar-refractivity contribution in [3.8, 4) is 0 Å². The third-order valence-electron chi connectivity index (χ3n) is 4.25. The zero-order chi connectivity index (χ0) is 19.9. The third kappa shape index (κ3) is 15.7. The van der Waals surface area contributed by atoms with Crippen LogP contribution in [0.1, 0.15) is 79.6 Å². The number of amides is 1. The smallest absolute Gasteiger partial charge is 0.322 e. The zero-order valence-corrected chi connectivity index (χ0v) is 17.2. The average Bonchev–Trinajstić information content (AvgIpc) is 2.52. The Hall–Kier alpha value is -1.84. The molecule has 0 saturated carbocycles. The first-order valence-electron chi connectivity index (χ1n) is 9.63. The van der Waals surface area contributed by atoms with E-state index in [1.54, 1.807) is 0 Å². The molecule has 0 aromatic carbocycles. The highest BCUT2D eigenvalue weighted by molar-refractivity contribution is 5.81. The minimum Gasteiger partial charge on any atom is -0.480 e. The molecule has 0 bridgehead atoms. The average molecular weight is 364 g/mol. The number of carbonyl (C=O) groups excluding carboxylic acids is 1. The summed E-state index contributed by atoms with van der Waals surface area (Å²) >= 11 is 0. The van der Waals surface area contributed by atoms with E-state index in [1.807, 2.05) is 6.92 Å². The molecule has 4 nitrogen and oxygen atoms in total. The summed E-state index contributed by atoms with van der Waals surface area (Å²) in [6.07, 6.45) is 13.6. The second kappa shape index (κ2) is 14.3. The monoisotopic (exact) mass is 363 g/mol. The quantitative estimate of drug-likeness (QED) is 0.430. The van der Waals surface area contributed by atoms with Crippen LogP contribution in [0.3, 0.4) is 0 Å². The maximum atomic E-state index is 11.6. The number of aliphatic carboxylic acids is 1. The molecule has 4 heteroatoms. The molecule has 0 fully saturated rings. The number of hydrogen-bond donors (Lipinski definition) is 2. The number of nitrogens with one attached hydrogen (secondary N) is 1. The van der Waals surface area contributed by atoms with Crippen molar-refractivity contribution in [1.82, 2.24) is 5.32 Å². The van der Waals surface area contributed by atoms with Crippen molar-refractivity contribution in [3.63, 3.8) is 0 Å². The molecule has 0 rings (SSSR count). The van der Waals surface area contributed by atoms with Crippen molar-refractivity contribution in [2.24, 2.45) is 5.92 Å². The van der Waals surface area contributed by atoms with Gasteiger partial charge in [0.2, 0.25) is 5.91 Å². The molecular formula is C22H37NO3. The number of hydrogen-bond acceptors (Lipinski definition) is 2. The maximum Gasteiger partial charge on any atom is 0.322 e. The molecule has 0 heterocycles. The summed E-state index contributed by atoms with van der Waals surface area (Å²) < 4.78 is 0. The number of carboxylic acid groups (broad SMARTS) is 1. The molecular weight excluding hydrogens is 326 g/mol. The summed E-state index contributed by atoms with van der Waals surface area (Å²) in [6, 6.07) is 0. The Bertz CT molecular complexity index is 526. The van der Waals surface area contributed by atoms with Crippen LogP contribution in [0.15, 0.2) is 34.9 Å². The molecule has 0 aliphatic rings. The molecule has 26 heavy (non-hydrogen) atoms. The first kappa shape index (κ1) is 24.2. The molecule has 1 unspecified atom stereocenters. The Morgan fingerprint density at radius 1 is 0.923 bits per heavy atom. The summed E-state index contributed by atoms with van der Waals surface area (Å²) in [5.74, 6) is -0.940. The SMILES string of the molecule is CC(C)=CCC/C(C)=C/CC/C(C)=C/CCC(C)CC(=O)NCC(=O)O. The molecule has 0 radical (unpaired) electrons. The van der Waals surface area contributed by atoms with Crippen molar-refractivity contribution in [2.45, 2.75) is 79.6 Å². The lowest BCUT2D eigenvalue weighted by Gasteiger charge is -2.10. The predicted molar refractivity (Wildman–Crippen MR) is 109 cm³/mol. The van der Waals surface area contributed by atoms with Crippen LogP contribution >= 0.6 is 0 Å². The van der Waals surface area contributed by atoms with E-state index in [0.717, 1.165) is 38.5 Å². The highest BCUT2D eigenvalue weighted by Crippen LogP contribution is 2.15. The largest absolute Gasteiger partial charge is 0.480 e. The first-order chi connectivity index (χ1) is 12.2. The standard InChI is InChI=1S/C22H37NO3/c1-17(2)9-6-10-18(3)11-7-12-19(4)13-8-14-20(5)15-21(24)23-16-22(25)26/h9,11,13,20H,6-8,10,12,14-16H2,1-5H3,(H,23,24)(H,25,26)/b18-11+,19-13+. The number of allylic oxidation sites excluding steroid dienone is 6. The number of carbonyl (C=O) groups is 2. The number of carboxylic acids is 1. The second-order valence-corrected chi connectivity index (χ2v) is 7.52. The van der Waals surface area contributed by atoms with E-state index in [1.165, 1.54) is 16.7 Å². The third-order valence-corrected chi connectivity index (χ3v) is 4.25. The van der Waals surface area contributed by atoms with Crippen molar-refractivity contribution < 1.29 is 14.7 Å². The van der Waals surface area contributed by atoms with Crippen LogP contribution in [0.25, 0.3) is 0 Å². The van der Waals surface area contributed by atoms with Crippen LogP contribution in [0.4, 0.5) is 0 Å². The normalized spacial score (nSPS) is 13.3. The van der Waals surface area contributed by atoms with E-state index in [4.69, 9.17) is 5.11 Å². The van der Waals surface area contributed by atoms with Crippen LogP contribution in [0, 0.1) is 5.92 Å². The van der Waals surface area contributed by atoms with Gasteiger partial charge in [-0.2, -0.15) is 0 Å². The lowest BCUT2D eigenvalue weighted by molar-refractivity contribution is -0.138. The Balaban J connectivity index is 3.97. The van der Waals surface area contributed by atoms with Gasteiger partial charge in [0.05, 0.1) is 0 Å². The van der Waals surface area contributed by atoms with E-state index in [9.17, 15) is 9.59 Å². The number of rotatable bonds is 13. The van der Waals surface area contributed by atoms with Gasteiger partial charge < -0.3 is 10.4 Å². The van der Waals surface area contributed by atoms with Gasteiger partial charge in [-0.1, -0.05) is 41.9 Å². The molecule has 0 aromatic heterocycles.